The molecule has 0 radical (unpaired) electrons. The highest BCUT2D eigenvalue weighted by Crippen LogP contribution is 2.33. The number of amides is 2. The molecule has 4 rings (SSSR count). The zero-order valence-electron chi connectivity index (χ0n) is 18.4. The lowest BCUT2D eigenvalue weighted by Gasteiger charge is -2.35. The van der Waals surface area contributed by atoms with E-state index in [4.69, 9.17) is 0 Å². The number of hydroxylamine groups is 2. The van der Waals surface area contributed by atoms with E-state index in [2.05, 4.69) is 14.6 Å². The number of urea groups is 1. The van der Waals surface area contributed by atoms with Gasteiger partial charge in [0.1, 0.15) is 0 Å². The van der Waals surface area contributed by atoms with E-state index in [-0.39, 0.29) is 49.9 Å². The van der Waals surface area contributed by atoms with E-state index in [1.807, 2.05) is 0 Å². The molecule has 0 spiro atoms. The fourth-order valence-electron chi connectivity index (χ4n) is 3.57. The van der Waals surface area contributed by atoms with Gasteiger partial charge in [0.2, 0.25) is 5.89 Å². The van der Waals surface area contributed by atoms with Crippen LogP contribution in [0.5, 0.6) is 0 Å². The van der Waals surface area contributed by atoms with Crippen LogP contribution < -0.4 is 4.90 Å². The Bertz CT molecular complexity index is 1200. The minimum atomic E-state index is -4.79. The fourth-order valence-corrected chi connectivity index (χ4v) is 3.57. The SMILES string of the molecule is O=C(N1CCN(O)CC1)N(Cc1ccc(-c2nnc(C(F)(F)F)o2)cc1)c1cccc(C(F)(F)F)c1. The Balaban J connectivity index is 1.60. The van der Waals surface area contributed by atoms with E-state index < -0.39 is 29.8 Å². The van der Waals surface area contributed by atoms with Crippen LogP contribution in [0.1, 0.15) is 17.0 Å². The first-order valence-electron chi connectivity index (χ1n) is 10.6. The molecule has 0 saturated carbocycles. The lowest BCUT2D eigenvalue weighted by atomic mass is 10.1. The topological polar surface area (TPSA) is 85.9 Å². The van der Waals surface area contributed by atoms with Gasteiger partial charge in [-0.2, -0.15) is 31.4 Å². The van der Waals surface area contributed by atoms with Gasteiger partial charge in [0, 0.05) is 37.4 Å². The van der Waals surface area contributed by atoms with Crippen LogP contribution in [0.3, 0.4) is 0 Å². The molecule has 2 amide bonds. The van der Waals surface area contributed by atoms with Crippen molar-refractivity contribution in [1.82, 2.24) is 20.2 Å². The zero-order valence-corrected chi connectivity index (χ0v) is 18.4. The van der Waals surface area contributed by atoms with Crippen molar-refractivity contribution in [2.75, 3.05) is 31.1 Å². The molecule has 14 heteroatoms. The number of rotatable bonds is 4. The van der Waals surface area contributed by atoms with E-state index in [0.29, 0.717) is 5.56 Å². The van der Waals surface area contributed by atoms with Crippen LogP contribution in [0.25, 0.3) is 11.5 Å². The van der Waals surface area contributed by atoms with Crippen LogP contribution >= 0.6 is 0 Å². The molecule has 2 aromatic carbocycles. The minimum absolute atomic E-state index is 0.0112. The Labute approximate surface area is 200 Å². The number of benzene rings is 2. The van der Waals surface area contributed by atoms with Crippen molar-refractivity contribution < 1.29 is 40.8 Å². The number of carbonyl (C=O) groups excluding carboxylic acids is 1. The molecule has 0 aliphatic carbocycles. The first-order valence-corrected chi connectivity index (χ1v) is 10.6. The number of halogens is 6. The Kier molecular flexibility index (Phi) is 6.91. The highest BCUT2D eigenvalue weighted by atomic mass is 19.4. The summed E-state index contributed by atoms with van der Waals surface area (Å²) in [4.78, 5) is 15.9. The molecule has 36 heavy (non-hydrogen) atoms. The standard InChI is InChI=1S/C22H19F6N5O3/c23-21(24,25)16-2-1-3-17(12-16)33(20(34)31-8-10-32(35)11-9-31)13-14-4-6-15(7-5-14)18-29-30-19(36-18)22(26,27)28/h1-7,12,35H,8-11,13H2. The fraction of sp³-hybridized carbons (Fsp3) is 0.318. The van der Waals surface area contributed by atoms with Crippen LogP contribution in [0.15, 0.2) is 52.9 Å². The van der Waals surface area contributed by atoms with E-state index in [0.717, 1.165) is 17.2 Å². The molecule has 0 atom stereocenters. The maximum atomic E-state index is 13.3. The molecule has 1 aliphatic rings. The van der Waals surface area contributed by atoms with Crippen molar-refractivity contribution in [2.24, 2.45) is 0 Å². The number of carbonyl (C=O) groups is 1. The summed E-state index contributed by atoms with van der Waals surface area (Å²) in [6.07, 6.45) is -9.41. The van der Waals surface area contributed by atoms with Crippen LogP contribution in [-0.2, 0) is 18.9 Å². The number of alkyl halides is 6. The number of hydrogen-bond donors (Lipinski definition) is 1. The molecule has 1 aliphatic heterocycles. The molecule has 0 bridgehead atoms. The maximum Gasteiger partial charge on any atom is 0.470 e. The van der Waals surface area contributed by atoms with Gasteiger partial charge in [-0.25, -0.2) is 4.79 Å². The summed E-state index contributed by atoms with van der Waals surface area (Å²) in [7, 11) is 0. The van der Waals surface area contributed by atoms with E-state index in [1.165, 1.54) is 46.2 Å². The number of hydrogen-bond acceptors (Lipinski definition) is 6. The van der Waals surface area contributed by atoms with Gasteiger partial charge in [-0.1, -0.05) is 18.2 Å². The highest BCUT2D eigenvalue weighted by molar-refractivity contribution is 5.92. The van der Waals surface area contributed by atoms with Crippen LogP contribution in [0, 0.1) is 0 Å². The van der Waals surface area contributed by atoms with Crippen LogP contribution in [0.2, 0.25) is 0 Å². The van der Waals surface area contributed by atoms with Crippen LogP contribution in [0.4, 0.5) is 36.8 Å². The quantitative estimate of drug-likeness (QED) is 0.498. The minimum Gasteiger partial charge on any atom is -0.413 e. The molecule has 0 unspecified atom stereocenters. The summed E-state index contributed by atoms with van der Waals surface area (Å²) in [6, 6.07) is 9.57. The van der Waals surface area contributed by atoms with Crippen molar-refractivity contribution >= 4 is 11.7 Å². The first kappa shape index (κ1) is 25.4. The summed E-state index contributed by atoms with van der Waals surface area (Å²) in [5.74, 6) is -1.85. The lowest BCUT2D eigenvalue weighted by molar-refractivity contribution is -0.157. The van der Waals surface area contributed by atoms with E-state index in [9.17, 15) is 36.3 Å². The van der Waals surface area contributed by atoms with Crippen molar-refractivity contribution in [1.29, 1.82) is 0 Å². The smallest absolute Gasteiger partial charge is 0.413 e. The first-order chi connectivity index (χ1) is 16.9. The molecule has 8 nitrogen and oxygen atoms in total. The van der Waals surface area contributed by atoms with Crippen molar-refractivity contribution in [3.05, 3.63) is 65.5 Å². The van der Waals surface area contributed by atoms with Crippen molar-refractivity contribution in [2.45, 2.75) is 18.9 Å². The largest absolute Gasteiger partial charge is 0.470 e. The number of nitrogens with zero attached hydrogens (tertiary/aromatic N) is 5. The lowest BCUT2D eigenvalue weighted by Crippen LogP contribution is -2.52. The Morgan fingerprint density at radius 2 is 1.61 bits per heavy atom. The van der Waals surface area contributed by atoms with Gasteiger partial charge in [-0.05, 0) is 35.9 Å². The van der Waals surface area contributed by atoms with Gasteiger partial charge in [0.05, 0.1) is 12.1 Å². The number of aromatic nitrogens is 2. The molecule has 1 fully saturated rings. The average Bonchev–Trinajstić information content (AvgIpc) is 3.34. The maximum absolute atomic E-state index is 13.3. The second-order valence-electron chi connectivity index (χ2n) is 7.96. The van der Waals surface area contributed by atoms with Crippen molar-refractivity contribution in [3.63, 3.8) is 0 Å². The number of piperazine rings is 1. The highest BCUT2D eigenvalue weighted by Gasteiger charge is 2.38. The third-order valence-electron chi connectivity index (χ3n) is 5.45. The van der Waals surface area contributed by atoms with Gasteiger partial charge < -0.3 is 14.5 Å². The summed E-state index contributed by atoms with van der Waals surface area (Å²) < 4.78 is 82.7. The Morgan fingerprint density at radius 3 is 2.19 bits per heavy atom. The Hall–Kier alpha value is -3.65. The second-order valence-corrected chi connectivity index (χ2v) is 7.96. The molecule has 192 valence electrons. The monoisotopic (exact) mass is 515 g/mol. The molecule has 1 saturated heterocycles. The third-order valence-corrected chi connectivity index (χ3v) is 5.45. The summed E-state index contributed by atoms with van der Waals surface area (Å²) in [5, 5.41) is 17.0. The molecule has 1 aromatic heterocycles. The molecule has 2 heterocycles. The predicted molar refractivity (Wildman–Crippen MR) is 113 cm³/mol. The summed E-state index contributed by atoms with van der Waals surface area (Å²) in [6.45, 7) is 0.574. The van der Waals surface area contributed by atoms with Gasteiger partial charge in [-0.15, -0.1) is 10.2 Å². The van der Waals surface area contributed by atoms with Gasteiger partial charge in [-0.3, -0.25) is 4.90 Å². The summed E-state index contributed by atoms with van der Waals surface area (Å²) in [5.41, 5.74) is -0.235. The van der Waals surface area contributed by atoms with Gasteiger partial charge in [0.15, 0.2) is 0 Å². The molecular formula is C22H19F6N5O3. The third kappa shape index (κ3) is 5.76. The normalized spacial score (nSPS) is 15.2. The molecule has 1 N–H and O–H groups in total. The summed E-state index contributed by atoms with van der Waals surface area (Å²) >= 11 is 0. The Morgan fingerprint density at radius 1 is 0.944 bits per heavy atom. The molecular weight excluding hydrogens is 496 g/mol. The number of anilines is 1. The van der Waals surface area contributed by atoms with Crippen LogP contribution in [-0.4, -0.2) is 57.6 Å². The second kappa shape index (κ2) is 9.78. The predicted octanol–water partition coefficient (Wildman–Crippen LogP) is 4.91. The van der Waals surface area contributed by atoms with E-state index in [1.54, 1.807) is 0 Å². The van der Waals surface area contributed by atoms with Gasteiger partial charge >= 0.3 is 24.3 Å². The van der Waals surface area contributed by atoms with Crippen molar-refractivity contribution in [3.8, 4) is 11.5 Å². The van der Waals surface area contributed by atoms with E-state index >= 15 is 0 Å². The van der Waals surface area contributed by atoms with Gasteiger partial charge in [0.25, 0.3) is 0 Å². The average molecular weight is 515 g/mol. The zero-order chi connectivity index (χ0) is 26.1. The molecule has 3 aromatic rings.